The average Bonchev–Trinajstić information content (AvgIpc) is 3.17. The lowest BCUT2D eigenvalue weighted by molar-refractivity contribution is -0.143. The van der Waals surface area contributed by atoms with Gasteiger partial charge < -0.3 is 20.3 Å². The van der Waals surface area contributed by atoms with Crippen molar-refractivity contribution in [2.75, 3.05) is 13.2 Å². The summed E-state index contributed by atoms with van der Waals surface area (Å²) < 4.78 is 5.42. The lowest BCUT2D eigenvalue weighted by Crippen LogP contribution is -2.45. The molecule has 6 heteroatoms. The number of carbonyl (C=O) groups excluding carboxylic acids is 2. The van der Waals surface area contributed by atoms with Gasteiger partial charge in [-0.05, 0) is 77.0 Å². The molecule has 0 aliphatic carbocycles. The molecule has 0 saturated carbocycles. The summed E-state index contributed by atoms with van der Waals surface area (Å²) in [6.07, 6.45) is 49.9. The molecule has 318 valence electrons. The van der Waals surface area contributed by atoms with E-state index in [9.17, 15) is 19.8 Å². The third-order valence-electron chi connectivity index (χ3n) is 10.7. The van der Waals surface area contributed by atoms with E-state index in [1.165, 1.54) is 128 Å². The van der Waals surface area contributed by atoms with Gasteiger partial charge in [-0.15, -0.1) is 0 Å². The van der Waals surface area contributed by atoms with E-state index in [1.807, 2.05) is 0 Å². The Hall–Kier alpha value is -1.66. The van der Waals surface area contributed by atoms with E-state index >= 15 is 0 Å². The van der Waals surface area contributed by atoms with Gasteiger partial charge in [-0.25, -0.2) is 0 Å². The zero-order valence-electron chi connectivity index (χ0n) is 36.0. The molecule has 0 aliphatic heterocycles. The molecule has 6 nitrogen and oxygen atoms in total. The highest BCUT2D eigenvalue weighted by Crippen LogP contribution is 2.15. The molecule has 0 fully saturated rings. The van der Waals surface area contributed by atoms with Crippen LogP contribution in [-0.4, -0.2) is 47.4 Å². The molecule has 0 saturated heterocycles. The van der Waals surface area contributed by atoms with Gasteiger partial charge >= 0.3 is 5.97 Å². The molecule has 0 heterocycles. The second-order valence-electron chi connectivity index (χ2n) is 16.1. The minimum Gasteiger partial charge on any atom is -0.466 e. The van der Waals surface area contributed by atoms with E-state index in [4.69, 9.17) is 4.74 Å². The second-order valence-corrected chi connectivity index (χ2v) is 16.1. The number of hydrogen-bond acceptors (Lipinski definition) is 5. The number of rotatable bonds is 43. The molecule has 2 unspecified atom stereocenters. The maximum absolute atomic E-state index is 12.4. The number of amides is 1. The first kappa shape index (κ1) is 52.3. The zero-order valence-corrected chi connectivity index (χ0v) is 36.0. The molecule has 0 spiro atoms. The quantitative estimate of drug-likeness (QED) is 0.0327. The molecule has 0 bridgehead atoms. The van der Waals surface area contributed by atoms with E-state index in [0.29, 0.717) is 25.9 Å². The van der Waals surface area contributed by atoms with Gasteiger partial charge in [-0.1, -0.05) is 179 Å². The third-order valence-corrected chi connectivity index (χ3v) is 10.7. The summed E-state index contributed by atoms with van der Waals surface area (Å²) >= 11 is 0. The lowest BCUT2D eigenvalue weighted by atomic mass is 10.0. The summed E-state index contributed by atoms with van der Waals surface area (Å²) in [7, 11) is 0. The summed E-state index contributed by atoms with van der Waals surface area (Å²) in [5.41, 5.74) is 0. The highest BCUT2D eigenvalue weighted by Gasteiger charge is 2.20. The molecule has 1 amide bonds. The van der Waals surface area contributed by atoms with Crippen LogP contribution in [0, 0.1) is 0 Å². The van der Waals surface area contributed by atoms with Crippen molar-refractivity contribution in [3.8, 4) is 0 Å². The number of nitrogens with one attached hydrogen (secondary N) is 1. The van der Waals surface area contributed by atoms with Gasteiger partial charge in [0.25, 0.3) is 0 Å². The molecule has 0 aromatic heterocycles. The molecular formula is C48H91NO5. The summed E-state index contributed by atoms with van der Waals surface area (Å²) in [6.45, 7) is 4.84. The smallest absolute Gasteiger partial charge is 0.305 e. The van der Waals surface area contributed by atoms with Crippen molar-refractivity contribution in [1.82, 2.24) is 5.32 Å². The van der Waals surface area contributed by atoms with Gasteiger partial charge in [0.15, 0.2) is 0 Å². The van der Waals surface area contributed by atoms with Crippen LogP contribution in [0.1, 0.15) is 245 Å². The minimum atomic E-state index is -0.680. The molecule has 0 radical (unpaired) electrons. The summed E-state index contributed by atoms with van der Waals surface area (Å²) in [6, 6.07) is -0.561. The molecule has 0 rings (SSSR count). The molecule has 0 aliphatic rings. The summed E-state index contributed by atoms with van der Waals surface area (Å²) in [4.78, 5) is 24.4. The van der Waals surface area contributed by atoms with Crippen LogP contribution < -0.4 is 5.32 Å². The Morgan fingerprint density at radius 3 is 1.31 bits per heavy atom. The number of carbonyl (C=O) groups is 2. The second kappa shape index (κ2) is 44.1. The van der Waals surface area contributed by atoms with Crippen molar-refractivity contribution in [2.45, 2.75) is 257 Å². The molecule has 2 atom stereocenters. The number of aliphatic hydroxyl groups is 2. The van der Waals surface area contributed by atoms with E-state index in [1.54, 1.807) is 0 Å². The van der Waals surface area contributed by atoms with Gasteiger partial charge in [0, 0.05) is 12.8 Å². The van der Waals surface area contributed by atoms with Crippen LogP contribution in [0.15, 0.2) is 24.3 Å². The van der Waals surface area contributed by atoms with Crippen molar-refractivity contribution < 1.29 is 24.5 Å². The Morgan fingerprint density at radius 1 is 0.500 bits per heavy atom. The first-order valence-electron chi connectivity index (χ1n) is 23.6. The summed E-state index contributed by atoms with van der Waals surface area (Å²) in [5, 5.41) is 23.1. The monoisotopic (exact) mass is 762 g/mol. The third kappa shape index (κ3) is 40.0. The van der Waals surface area contributed by atoms with Gasteiger partial charge in [0.05, 0.1) is 25.4 Å². The molecule has 3 N–H and O–H groups in total. The molecular weight excluding hydrogens is 671 g/mol. The topological polar surface area (TPSA) is 95.9 Å². The highest BCUT2D eigenvalue weighted by molar-refractivity contribution is 5.76. The SMILES string of the molecule is CCCCCCCC/C=C\CCCCCCCC(=O)OCCCC/C=C\CCCCCCCC(=O)NC(CO)C(O)CCCCCCCCCCCCC. The van der Waals surface area contributed by atoms with Crippen molar-refractivity contribution in [1.29, 1.82) is 0 Å². The number of ether oxygens (including phenoxy) is 1. The van der Waals surface area contributed by atoms with Crippen LogP contribution in [0.5, 0.6) is 0 Å². The van der Waals surface area contributed by atoms with Gasteiger partial charge in [-0.2, -0.15) is 0 Å². The van der Waals surface area contributed by atoms with Crippen molar-refractivity contribution in [2.24, 2.45) is 0 Å². The fraction of sp³-hybridized carbons (Fsp3) is 0.875. The molecule has 54 heavy (non-hydrogen) atoms. The maximum Gasteiger partial charge on any atom is 0.305 e. The van der Waals surface area contributed by atoms with E-state index < -0.39 is 12.1 Å². The fourth-order valence-electron chi connectivity index (χ4n) is 7.04. The lowest BCUT2D eigenvalue weighted by Gasteiger charge is -2.22. The fourth-order valence-corrected chi connectivity index (χ4v) is 7.04. The van der Waals surface area contributed by atoms with E-state index in [-0.39, 0.29) is 18.5 Å². The Morgan fingerprint density at radius 2 is 0.870 bits per heavy atom. The first-order valence-corrected chi connectivity index (χ1v) is 23.6. The van der Waals surface area contributed by atoms with Crippen LogP contribution in [0.2, 0.25) is 0 Å². The van der Waals surface area contributed by atoms with Crippen LogP contribution in [0.4, 0.5) is 0 Å². The number of esters is 1. The Balaban J connectivity index is 3.52. The zero-order chi connectivity index (χ0) is 39.4. The van der Waals surface area contributed by atoms with Crippen LogP contribution in [-0.2, 0) is 14.3 Å². The van der Waals surface area contributed by atoms with Gasteiger partial charge in [0.1, 0.15) is 0 Å². The van der Waals surface area contributed by atoms with Gasteiger partial charge in [-0.3, -0.25) is 9.59 Å². The van der Waals surface area contributed by atoms with Crippen LogP contribution in [0.25, 0.3) is 0 Å². The first-order chi connectivity index (χ1) is 26.5. The Bertz CT molecular complexity index is 843. The Labute approximate surface area is 335 Å². The highest BCUT2D eigenvalue weighted by atomic mass is 16.5. The van der Waals surface area contributed by atoms with Gasteiger partial charge in [0.2, 0.25) is 5.91 Å². The van der Waals surface area contributed by atoms with Crippen molar-refractivity contribution in [3.63, 3.8) is 0 Å². The predicted octanol–water partition coefficient (Wildman–Crippen LogP) is 13.6. The number of unbranched alkanes of at least 4 members (excludes halogenated alkanes) is 28. The van der Waals surface area contributed by atoms with Crippen molar-refractivity contribution >= 4 is 11.9 Å². The average molecular weight is 762 g/mol. The van der Waals surface area contributed by atoms with E-state index in [0.717, 1.165) is 83.5 Å². The number of aliphatic hydroxyl groups excluding tert-OH is 2. The number of allylic oxidation sites excluding steroid dienone is 4. The van der Waals surface area contributed by atoms with E-state index in [2.05, 4.69) is 43.5 Å². The Kier molecular flexibility index (Phi) is 42.7. The molecule has 0 aromatic carbocycles. The summed E-state index contributed by atoms with van der Waals surface area (Å²) in [5.74, 6) is -0.106. The van der Waals surface area contributed by atoms with Crippen LogP contribution >= 0.6 is 0 Å². The largest absolute Gasteiger partial charge is 0.466 e. The normalized spacial score (nSPS) is 12.9. The van der Waals surface area contributed by atoms with Crippen LogP contribution in [0.3, 0.4) is 0 Å². The maximum atomic E-state index is 12.4. The standard InChI is InChI=1S/C48H91NO5/c1-3-5-7-9-11-13-15-16-17-18-22-26-30-34-38-42-48(53)54-43-39-35-31-27-23-19-21-25-29-33-37-41-47(52)49-45(44-50)46(51)40-36-32-28-24-20-14-12-10-8-6-4-2/h16-17,23,27,45-46,50-51H,3-15,18-22,24-26,28-44H2,1-2H3,(H,49,52)/b17-16-,27-23-. The number of hydrogen-bond donors (Lipinski definition) is 3. The predicted molar refractivity (Wildman–Crippen MR) is 232 cm³/mol. The molecule has 0 aromatic rings. The minimum absolute atomic E-state index is 0.0398. The van der Waals surface area contributed by atoms with Crippen molar-refractivity contribution in [3.05, 3.63) is 24.3 Å².